The SMILES string of the molecule is Cc1nn(C)c(C)c1NC1CC(OCC(C)C)C1(C)C. The molecule has 20 heavy (non-hydrogen) atoms. The van der Waals surface area contributed by atoms with Crippen LogP contribution in [0.2, 0.25) is 0 Å². The fourth-order valence-corrected chi connectivity index (χ4v) is 2.88. The molecule has 0 aromatic carbocycles. The summed E-state index contributed by atoms with van der Waals surface area (Å²) >= 11 is 0. The summed E-state index contributed by atoms with van der Waals surface area (Å²) in [7, 11) is 1.99. The smallest absolute Gasteiger partial charge is 0.0827 e. The lowest BCUT2D eigenvalue weighted by molar-refractivity contribution is -0.108. The first kappa shape index (κ1) is 15.4. The van der Waals surface area contributed by atoms with Gasteiger partial charge in [0.05, 0.1) is 23.2 Å². The number of rotatable bonds is 5. The topological polar surface area (TPSA) is 39.1 Å². The Balaban J connectivity index is 1.99. The average Bonchev–Trinajstić information content (AvgIpc) is 2.58. The van der Waals surface area contributed by atoms with Crippen molar-refractivity contribution in [3.8, 4) is 0 Å². The number of nitrogens with zero attached hydrogens (tertiary/aromatic N) is 2. The van der Waals surface area contributed by atoms with Crippen molar-refractivity contribution >= 4 is 5.69 Å². The maximum absolute atomic E-state index is 6.03. The summed E-state index contributed by atoms with van der Waals surface area (Å²) in [4.78, 5) is 0. The molecule has 1 N–H and O–H groups in total. The van der Waals surface area contributed by atoms with Gasteiger partial charge in [-0.2, -0.15) is 5.10 Å². The normalized spacial score (nSPS) is 24.8. The molecule has 2 rings (SSSR count). The number of anilines is 1. The van der Waals surface area contributed by atoms with Crippen LogP contribution in [0.5, 0.6) is 0 Å². The van der Waals surface area contributed by atoms with Gasteiger partial charge in [0.25, 0.3) is 0 Å². The Morgan fingerprint density at radius 3 is 2.50 bits per heavy atom. The van der Waals surface area contributed by atoms with Gasteiger partial charge in [0.15, 0.2) is 0 Å². The highest BCUT2D eigenvalue weighted by Crippen LogP contribution is 2.45. The summed E-state index contributed by atoms with van der Waals surface area (Å²) in [5.41, 5.74) is 3.63. The number of hydrogen-bond donors (Lipinski definition) is 1. The molecule has 114 valence electrons. The van der Waals surface area contributed by atoms with Crippen LogP contribution in [-0.4, -0.2) is 28.5 Å². The van der Waals surface area contributed by atoms with E-state index in [0.29, 0.717) is 18.1 Å². The molecule has 1 aromatic rings. The Hall–Kier alpha value is -1.03. The molecule has 0 spiro atoms. The third-order valence-corrected chi connectivity index (χ3v) is 4.64. The molecule has 1 heterocycles. The van der Waals surface area contributed by atoms with Gasteiger partial charge in [0.2, 0.25) is 0 Å². The Bertz CT molecular complexity index is 476. The summed E-state index contributed by atoms with van der Waals surface area (Å²) in [6, 6.07) is 0.460. The molecule has 2 unspecified atom stereocenters. The Kier molecular flexibility index (Phi) is 4.14. The lowest BCUT2D eigenvalue weighted by atomic mass is 9.64. The molecule has 0 saturated heterocycles. The van der Waals surface area contributed by atoms with Gasteiger partial charge in [0, 0.05) is 25.1 Å². The maximum Gasteiger partial charge on any atom is 0.0827 e. The van der Waals surface area contributed by atoms with Crippen molar-refractivity contribution in [3.05, 3.63) is 11.4 Å². The van der Waals surface area contributed by atoms with Gasteiger partial charge in [-0.15, -0.1) is 0 Å². The number of ether oxygens (including phenoxy) is 1. The average molecular weight is 279 g/mol. The van der Waals surface area contributed by atoms with Crippen LogP contribution in [0.3, 0.4) is 0 Å². The zero-order valence-electron chi connectivity index (χ0n) is 13.9. The van der Waals surface area contributed by atoms with Crippen molar-refractivity contribution in [1.29, 1.82) is 0 Å². The first-order valence-corrected chi connectivity index (χ1v) is 7.61. The van der Waals surface area contributed by atoms with Crippen LogP contribution in [0.25, 0.3) is 0 Å². The third-order valence-electron chi connectivity index (χ3n) is 4.64. The van der Waals surface area contributed by atoms with Gasteiger partial charge in [-0.1, -0.05) is 27.7 Å². The number of aromatic nitrogens is 2. The van der Waals surface area contributed by atoms with Crippen molar-refractivity contribution in [3.63, 3.8) is 0 Å². The Morgan fingerprint density at radius 2 is 2.05 bits per heavy atom. The maximum atomic E-state index is 6.03. The van der Waals surface area contributed by atoms with Crippen molar-refractivity contribution < 1.29 is 4.74 Å². The van der Waals surface area contributed by atoms with Crippen molar-refractivity contribution in [2.75, 3.05) is 11.9 Å². The van der Waals surface area contributed by atoms with Crippen LogP contribution in [-0.2, 0) is 11.8 Å². The van der Waals surface area contributed by atoms with Gasteiger partial charge < -0.3 is 10.1 Å². The predicted octanol–water partition coefficient (Wildman–Crippen LogP) is 3.29. The predicted molar refractivity (Wildman–Crippen MR) is 83.1 cm³/mol. The molecule has 1 aliphatic carbocycles. The third kappa shape index (κ3) is 2.71. The van der Waals surface area contributed by atoms with Gasteiger partial charge in [0.1, 0.15) is 0 Å². The minimum Gasteiger partial charge on any atom is -0.379 e. The molecule has 0 amide bonds. The molecule has 1 aliphatic rings. The van der Waals surface area contributed by atoms with E-state index in [-0.39, 0.29) is 5.41 Å². The van der Waals surface area contributed by atoms with E-state index in [1.807, 2.05) is 11.7 Å². The van der Waals surface area contributed by atoms with E-state index in [9.17, 15) is 0 Å². The van der Waals surface area contributed by atoms with Crippen LogP contribution in [0, 0.1) is 25.2 Å². The standard InChI is InChI=1S/C16H29N3O/c1-10(2)9-20-14-8-13(16(14,5)6)17-15-11(3)18-19(7)12(15)4/h10,13-14,17H,8-9H2,1-7H3. The van der Waals surface area contributed by atoms with E-state index in [4.69, 9.17) is 4.74 Å². The van der Waals surface area contributed by atoms with E-state index in [1.165, 1.54) is 11.4 Å². The van der Waals surface area contributed by atoms with E-state index in [2.05, 4.69) is 52.0 Å². The summed E-state index contributed by atoms with van der Waals surface area (Å²) in [6.45, 7) is 14.0. The number of nitrogens with one attached hydrogen (secondary N) is 1. The van der Waals surface area contributed by atoms with E-state index < -0.39 is 0 Å². The molecule has 2 atom stereocenters. The molecule has 0 bridgehead atoms. The van der Waals surface area contributed by atoms with Crippen LogP contribution in [0.1, 0.15) is 45.5 Å². The molecule has 1 fully saturated rings. The van der Waals surface area contributed by atoms with Gasteiger partial charge in [-0.05, 0) is 26.2 Å². The minimum atomic E-state index is 0.170. The van der Waals surface area contributed by atoms with E-state index in [1.54, 1.807) is 0 Å². The summed E-state index contributed by atoms with van der Waals surface area (Å²) in [5, 5.41) is 8.15. The van der Waals surface area contributed by atoms with Crippen LogP contribution in [0.4, 0.5) is 5.69 Å². The van der Waals surface area contributed by atoms with E-state index in [0.717, 1.165) is 18.7 Å². The monoisotopic (exact) mass is 279 g/mol. The zero-order valence-corrected chi connectivity index (χ0v) is 13.9. The second kappa shape index (κ2) is 5.40. The van der Waals surface area contributed by atoms with Crippen LogP contribution >= 0.6 is 0 Å². The molecule has 0 aliphatic heterocycles. The first-order valence-electron chi connectivity index (χ1n) is 7.61. The molecule has 1 saturated carbocycles. The molecular weight excluding hydrogens is 250 g/mol. The first-order chi connectivity index (χ1) is 9.23. The lowest BCUT2D eigenvalue weighted by Crippen LogP contribution is -2.58. The second-order valence-electron chi connectivity index (χ2n) is 7.14. The van der Waals surface area contributed by atoms with Gasteiger partial charge in [-0.25, -0.2) is 0 Å². The van der Waals surface area contributed by atoms with Crippen LogP contribution < -0.4 is 5.32 Å². The quantitative estimate of drug-likeness (QED) is 0.899. The van der Waals surface area contributed by atoms with Crippen molar-refractivity contribution in [2.45, 2.75) is 60.1 Å². The second-order valence-corrected chi connectivity index (χ2v) is 7.14. The van der Waals surface area contributed by atoms with Crippen LogP contribution in [0.15, 0.2) is 0 Å². The highest BCUT2D eigenvalue weighted by Gasteiger charge is 2.49. The Morgan fingerprint density at radius 1 is 1.40 bits per heavy atom. The highest BCUT2D eigenvalue weighted by atomic mass is 16.5. The molecule has 1 aromatic heterocycles. The summed E-state index contributed by atoms with van der Waals surface area (Å²) in [6.07, 6.45) is 1.44. The molecule has 0 radical (unpaired) electrons. The highest BCUT2D eigenvalue weighted by molar-refractivity contribution is 5.53. The minimum absolute atomic E-state index is 0.170. The van der Waals surface area contributed by atoms with Gasteiger partial charge in [-0.3, -0.25) is 4.68 Å². The zero-order chi connectivity index (χ0) is 15.1. The Labute approximate surface area is 122 Å². The largest absolute Gasteiger partial charge is 0.379 e. The summed E-state index contributed by atoms with van der Waals surface area (Å²) in [5.74, 6) is 0.598. The molecule has 4 heteroatoms. The van der Waals surface area contributed by atoms with Crippen molar-refractivity contribution in [1.82, 2.24) is 9.78 Å². The van der Waals surface area contributed by atoms with Crippen molar-refractivity contribution in [2.24, 2.45) is 18.4 Å². The number of aryl methyl sites for hydroxylation is 2. The fourth-order valence-electron chi connectivity index (χ4n) is 2.88. The molecular formula is C16H29N3O. The number of hydrogen-bond acceptors (Lipinski definition) is 3. The van der Waals surface area contributed by atoms with E-state index >= 15 is 0 Å². The van der Waals surface area contributed by atoms with Gasteiger partial charge >= 0.3 is 0 Å². The lowest BCUT2D eigenvalue weighted by Gasteiger charge is -2.52. The summed E-state index contributed by atoms with van der Waals surface area (Å²) < 4.78 is 7.97. The molecule has 4 nitrogen and oxygen atoms in total. The fraction of sp³-hybridized carbons (Fsp3) is 0.812.